The summed E-state index contributed by atoms with van der Waals surface area (Å²) in [5.41, 5.74) is 3.05. The van der Waals surface area contributed by atoms with Crippen LogP contribution in [0.2, 0.25) is 0 Å². The highest BCUT2D eigenvalue weighted by atomic mass is 16.5. The molecule has 0 atom stereocenters. The fourth-order valence-electron chi connectivity index (χ4n) is 3.91. The summed E-state index contributed by atoms with van der Waals surface area (Å²) in [6.45, 7) is 4.63. The van der Waals surface area contributed by atoms with Gasteiger partial charge in [-0.15, -0.1) is 0 Å². The average Bonchev–Trinajstić information content (AvgIpc) is 3.34. The van der Waals surface area contributed by atoms with E-state index in [9.17, 15) is 9.59 Å². The number of hydrogen-bond acceptors (Lipinski definition) is 4. The molecule has 0 unspecified atom stereocenters. The highest BCUT2D eigenvalue weighted by molar-refractivity contribution is 5.97. The van der Waals surface area contributed by atoms with Crippen molar-refractivity contribution >= 4 is 23.4 Å². The molecule has 0 spiro atoms. The number of ether oxygens (including phenoxy) is 1. The third-order valence-corrected chi connectivity index (χ3v) is 5.59. The summed E-state index contributed by atoms with van der Waals surface area (Å²) < 4.78 is 7.31. The zero-order valence-electron chi connectivity index (χ0n) is 21.1. The molecule has 37 heavy (non-hydrogen) atoms. The van der Waals surface area contributed by atoms with Gasteiger partial charge in [0.1, 0.15) is 18.1 Å². The van der Waals surface area contributed by atoms with Crippen molar-refractivity contribution in [3.8, 4) is 22.7 Å². The molecule has 190 valence electrons. The van der Waals surface area contributed by atoms with Crippen molar-refractivity contribution in [3.63, 3.8) is 0 Å². The Hall–Kier alpha value is -4.59. The number of benzene rings is 3. The molecule has 1 heterocycles. The SMILES string of the molecule is CCCN(CC(=O)Nc1cc(-c2ccccc2)nn1-c1ccccc1)C(=O)Nc1ccccc1OCC. The maximum atomic E-state index is 13.2. The molecule has 2 N–H and O–H groups in total. The van der Waals surface area contributed by atoms with Crippen LogP contribution in [0.15, 0.2) is 91.0 Å². The summed E-state index contributed by atoms with van der Waals surface area (Å²) in [7, 11) is 0. The zero-order chi connectivity index (χ0) is 26.0. The van der Waals surface area contributed by atoms with Gasteiger partial charge in [0.2, 0.25) is 5.91 Å². The van der Waals surface area contributed by atoms with Crippen molar-refractivity contribution in [1.29, 1.82) is 0 Å². The fraction of sp³-hybridized carbons (Fsp3) is 0.207. The van der Waals surface area contributed by atoms with Gasteiger partial charge in [0.15, 0.2) is 0 Å². The Morgan fingerprint density at radius 2 is 1.57 bits per heavy atom. The predicted octanol–water partition coefficient (Wildman–Crippen LogP) is 5.82. The molecule has 0 fully saturated rings. The van der Waals surface area contributed by atoms with Gasteiger partial charge in [-0.2, -0.15) is 5.10 Å². The smallest absolute Gasteiger partial charge is 0.322 e. The van der Waals surface area contributed by atoms with E-state index in [4.69, 9.17) is 9.84 Å². The maximum Gasteiger partial charge on any atom is 0.322 e. The lowest BCUT2D eigenvalue weighted by molar-refractivity contribution is -0.116. The van der Waals surface area contributed by atoms with Crippen LogP contribution in [-0.4, -0.2) is 46.3 Å². The van der Waals surface area contributed by atoms with Crippen LogP contribution >= 0.6 is 0 Å². The van der Waals surface area contributed by atoms with Crippen molar-refractivity contribution in [2.45, 2.75) is 20.3 Å². The van der Waals surface area contributed by atoms with E-state index in [2.05, 4.69) is 10.6 Å². The van der Waals surface area contributed by atoms with Crippen LogP contribution in [0.1, 0.15) is 20.3 Å². The number of para-hydroxylation sites is 3. The molecule has 3 aromatic carbocycles. The number of nitrogens with one attached hydrogen (secondary N) is 2. The molecule has 0 aliphatic rings. The average molecular weight is 498 g/mol. The third kappa shape index (κ3) is 6.55. The van der Waals surface area contributed by atoms with Gasteiger partial charge in [-0.25, -0.2) is 9.48 Å². The van der Waals surface area contributed by atoms with Gasteiger partial charge in [0, 0.05) is 18.2 Å². The summed E-state index contributed by atoms with van der Waals surface area (Å²) >= 11 is 0. The first-order valence-corrected chi connectivity index (χ1v) is 12.4. The van der Waals surface area contributed by atoms with E-state index in [1.165, 1.54) is 4.90 Å². The Labute approximate surface area is 216 Å². The minimum atomic E-state index is -0.370. The molecule has 0 aliphatic carbocycles. The molecule has 4 aromatic rings. The highest BCUT2D eigenvalue weighted by Crippen LogP contribution is 2.26. The number of amides is 3. The van der Waals surface area contributed by atoms with Gasteiger partial charge in [-0.05, 0) is 37.6 Å². The molecule has 8 nitrogen and oxygen atoms in total. The van der Waals surface area contributed by atoms with Crippen molar-refractivity contribution in [2.24, 2.45) is 0 Å². The van der Waals surface area contributed by atoms with Crippen molar-refractivity contribution < 1.29 is 14.3 Å². The Morgan fingerprint density at radius 3 is 2.27 bits per heavy atom. The first kappa shape index (κ1) is 25.5. The lowest BCUT2D eigenvalue weighted by atomic mass is 10.1. The molecule has 0 saturated heterocycles. The molecule has 0 radical (unpaired) electrons. The van der Waals surface area contributed by atoms with E-state index in [-0.39, 0.29) is 18.5 Å². The Kier molecular flexibility index (Phi) is 8.54. The first-order chi connectivity index (χ1) is 18.1. The van der Waals surface area contributed by atoms with Gasteiger partial charge in [-0.3, -0.25) is 4.79 Å². The van der Waals surface area contributed by atoms with Crippen LogP contribution in [0.5, 0.6) is 5.75 Å². The number of carbonyl (C=O) groups excluding carboxylic acids is 2. The standard InChI is InChI=1S/C29H31N5O3/c1-3-19-33(29(36)30-24-17-11-12-18-26(24)37-4-2)21-28(35)31-27-20-25(22-13-7-5-8-14-22)32-34(27)23-15-9-6-10-16-23/h5-18,20H,3-4,19,21H2,1-2H3,(H,30,36)(H,31,35). The number of rotatable bonds is 10. The van der Waals surface area contributed by atoms with Gasteiger partial charge < -0.3 is 20.3 Å². The normalized spacial score (nSPS) is 10.5. The lowest BCUT2D eigenvalue weighted by Crippen LogP contribution is -2.41. The van der Waals surface area contributed by atoms with Crippen LogP contribution in [0.4, 0.5) is 16.3 Å². The molecule has 8 heteroatoms. The maximum absolute atomic E-state index is 13.2. The van der Waals surface area contributed by atoms with Crippen LogP contribution in [0.3, 0.4) is 0 Å². The highest BCUT2D eigenvalue weighted by Gasteiger charge is 2.20. The molecule has 3 amide bonds. The summed E-state index contributed by atoms with van der Waals surface area (Å²) in [5, 5.41) is 10.6. The second-order valence-electron chi connectivity index (χ2n) is 8.36. The van der Waals surface area contributed by atoms with E-state index in [0.29, 0.717) is 36.8 Å². The number of hydrogen-bond donors (Lipinski definition) is 2. The second kappa shape index (κ2) is 12.4. The minimum Gasteiger partial charge on any atom is -0.492 e. The number of urea groups is 1. The first-order valence-electron chi connectivity index (χ1n) is 12.4. The minimum absolute atomic E-state index is 0.114. The molecular formula is C29H31N5O3. The van der Waals surface area contributed by atoms with Crippen LogP contribution in [0, 0.1) is 0 Å². The molecule has 0 aliphatic heterocycles. The van der Waals surface area contributed by atoms with Gasteiger partial charge in [-0.1, -0.05) is 67.6 Å². The van der Waals surface area contributed by atoms with Crippen LogP contribution in [-0.2, 0) is 4.79 Å². The van der Waals surface area contributed by atoms with E-state index in [1.807, 2.05) is 92.7 Å². The molecule has 1 aromatic heterocycles. The van der Waals surface area contributed by atoms with Gasteiger partial charge in [0.05, 0.1) is 23.7 Å². The van der Waals surface area contributed by atoms with Gasteiger partial charge >= 0.3 is 6.03 Å². The Balaban J connectivity index is 1.53. The largest absolute Gasteiger partial charge is 0.492 e. The van der Waals surface area contributed by atoms with E-state index in [1.54, 1.807) is 16.8 Å². The van der Waals surface area contributed by atoms with Crippen LogP contribution in [0.25, 0.3) is 16.9 Å². The quantitative estimate of drug-likeness (QED) is 0.289. The van der Waals surface area contributed by atoms with Crippen molar-refractivity contribution in [2.75, 3.05) is 30.3 Å². The molecule has 4 rings (SSSR count). The number of anilines is 2. The van der Waals surface area contributed by atoms with E-state index < -0.39 is 0 Å². The number of aromatic nitrogens is 2. The Morgan fingerprint density at radius 1 is 0.892 bits per heavy atom. The third-order valence-electron chi connectivity index (χ3n) is 5.59. The van der Waals surface area contributed by atoms with Crippen molar-refractivity contribution in [1.82, 2.24) is 14.7 Å². The molecule has 0 saturated carbocycles. The zero-order valence-corrected chi connectivity index (χ0v) is 21.1. The van der Waals surface area contributed by atoms with E-state index in [0.717, 1.165) is 16.9 Å². The number of carbonyl (C=O) groups is 2. The van der Waals surface area contributed by atoms with Crippen molar-refractivity contribution in [3.05, 3.63) is 91.0 Å². The monoisotopic (exact) mass is 497 g/mol. The lowest BCUT2D eigenvalue weighted by Gasteiger charge is -2.23. The summed E-state index contributed by atoms with van der Waals surface area (Å²) in [6.07, 6.45) is 0.702. The second-order valence-corrected chi connectivity index (χ2v) is 8.36. The summed E-state index contributed by atoms with van der Waals surface area (Å²) in [5.74, 6) is 0.784. The topological polar surface area (TPSA) is 88.5 Å². The fourth-order valence-corrected chi connectivity index (χ4v) is 3.91. The molecular weight excluding hydrogens is 466 g/mol. The van der Waals surface area contributed by atoms with Crippen LogP contribution < -0.4 is 15.4 Å². The molecule has 0 bridgehead atoms. The summed E-state index contributed by atoms with van der Waals surface area (Å²) in [4.78, 5) is 27.7. The van der Waals surface area contributed by atoms with E-state index >= 15 is 0 Å². The predicted molar refractivity (Wildman–Crippen MR) is 146 cm³/mol. The Bertz CT molecular complexity index is 1320. The summed E-state index contributed by atoms with van der Waals surface area (Å²) in [6, 6.07) is 28.1. The van der Waals surface area contributed by atoms with Gasteiger partial charge in [0.25, 0.3) is 0 Å². The number of nitrogens with zero attached hydrogens (tertiary/aromatic N) is 3.